The van der Waals surface area contributed by atoms with Gasteiger partial charge in [0.15, 0.2) is 0 Å². The van der Waals surface area contributed by atoms with Crippen LogP contribution >= 0.6 is 0 Å². The molecule has 0 saturated heterocycles. The van der Waals surface area contributed by atoms with Gasteiger partial charge in [0.05, 0.1) is 0 Å². The molecule has 4 rings (SSSR count). The Labute approximate surface area is 153 Å². The first-order valence-electron chi connectivity index (χ1n) is 8.60. The Morgan fingerprint density at radius 3 is 2.38 bits per heavy atom. The molecular formula is C23H18N2O. The average molecular weight is 338 g/mol. The van der Waals surface area contributed by atoms with Gasteiger partial charge in [-0.15, -0.1) is 0 Å². The van der Waals surface area contributed by atoms with Crippen molar-refractivity contribution in [2.24, 2.45) is 0 Å². The summed E-state index contributed by atoms with van der Waals surface area (Å²) in [6.07, 6.45) is 1.72. The maximum atomic E-state index is 12.9. The van der Waals surface area contributed by atoms with Gasteiger partial charge >= 0.3 is 0 Å². The first kappa shape index (κ1) is 16.1. The Morgan fingerprint density at radius 2 is 1.69 bits per heavy atom. The van der Waals surface area contributed by atoms with E-state index in [2.05, 4.69) is 29.0 Å². The van der Waals surface area contributed by atoms with Crippen LogP contribution in [0.4, 0.5) is 0 Å². The fourth-order valence-electron chi connectivity index (χ4n) is 3.12. The van der Waals surface area contributed by atoms with Crippen LogP contribution in [0.2, 0.25) is 0 Å². The number of aryl methyl sites for hydroxylation is 1. The van der Waals surface area contributed by atoms with Crippen LogP contribution in [0, 0.1) is 18.8 Å². The smallest absolute Gasteiger partial charge is 0.254 e. The third kappa shape index (κ3) is 3.22. The van der Waals surface area contributed by atoms with E-state index >= 15 is 0 Å². The van der Waals surface area contributed by atoms with E-state index in [-0.39, 0.29) is 5.91 Å². The summed E-state index contributed by atoms with van der Waals surface area (Å²) in [6.45, 7) is 3.33. The van der Waals surface area contributed by atoms with Crippen LogP contribution in [-0.2, 0) is 13.1 Å². The predicted molar refractivity (Wildman–Crippen MR) is 101 cm³/mol. The molecule has 126 valence electrons. The zero-order chi connectivity index (χ0) is 17.9. The summed E-state index contributed by atoms with van der Waals surface area (Å²) in [4.78, 5) is 19.0. The highest BCUT2D eigenvalue weighted by Crippen LogP contribution is 2.24. The number of hydrogen-bond acceptors (Lipinski definition) is 2. The second-order valence-electron chi connectivity index (χ2n) is 6.42. The number of carbonyl (C=O) groups excluding carboxylic acids is 1. The van der Waals surface area contributed by atoms with Crippen molar-refractivity contribution in [2.45, 2.75) is 20.0 Å². The molecule has 1 aliphatic heterocycles. The van der Waals surface area contributed by atoms with Crippen LogP contribution < -0.4 is 0 Å². The van der Waals surface area contributed by atoms with Crippen molar-refractivity contribution < 1.29 is 4.79 Å². The molecule has 0 aliphatic carbocycles. The standard InChI is InChI=1S/C23H18N2O/c1-17-9-10-19(14-18(17)11-12-22-8-4-5-13-24-22)23(26)25-15-20-6-2-3-7-21(20)16-25/h2-10,13-14H,15-16H2,1H3. The minimum absolute atomic E-state index is 0.0436. The Balaban J connectivity index is 1.59. The summed E-state index contributed by atoms with van der Waals surface area (Å²) in [7, 11) is 0. The molecule has 3 heteroatoms. The molecule has 0 saturated carbocycles. The van der Waals surface area contributed by atoms with E-state index in [1.54, 1.807) is 6.20 Å². The Bertz CT molecular complexity index is 1000. The van der Waals surface area contributed by atoms with Crippen molar-refractivity contribution in [1.82, 2.24) is 9.88 Å². The number of aromatic nitrogens is 1. The molecule has 26 heavy (non-hydrogen) atoms. The Kier molecular flexibility index (Phi) is 4.25. The fraction of sp³-hybridized carbons (Fsp3) is 0.130. The molecule has 1 aliphatic rings. The Hall–Kier alpha value is -3.38. The molecule has 0 bridgehead atoms. The van der Waals surface area contributed by atoms with E-state index in [4.69, 9.17) is 0 Å². The molecule has 0 radical (unpaired) electrons. The quantitative estimate of drug-likeness (QED) is 0.630. The largest absolute Gasteiger partial charge is 0.330 e. The zero-order valence-corrected chi connectivity index (χ0v) is 14.6. The van der Waals surface area contributed by atoms with Crippen LogP contribution in [0.15, 0.2) is 66.9 Å². The van der Waals surface area contributed by atoms with E-state index < -0.39 is 0 Å². The number of fused-ring (bicyclic) bond motifs is 1. The van der Waals surface area contributed by atoms with E-state index in [1.165, 1.54) is 11.1 Å². The molecule has 1 amide bonds. The van der Waals surface area contributed by atoms with Crippen molar-refractivity contribution in [3.8, 4) is 11.8 Å². The first-order valence-corrected chi connectivity index (χ1v) is 8.60. The van der Waals surface area contributed by atoms with Gasteiger partial charge in [0.2, 0.25) is 0 Å². The summed E-state index contributed by atoms with van der Waals surface area (Å²) in [5.74, 6) is 6.26. The topological polar surface area (TPSA) is 33.2 Å². The summed E-state index contributed by atoms with van der Waals surface area (Å²) in [6, 6.07) is 19.6. The van der Waals surface area contributed by atoms with Gasteiger partial charge in [-0.05, 0) is 53.8 Å². The second kappa shape index (κ2) is 6.85. The molecular weight excluding hydrogens is 320 g/mol. The molecule has 0 N–H and O–H groups in total. The minimum Gasteiger partial charge on any atom is -0.330 e. The van der Waals surface area contributed by atoms with Gasteiger partial charge in [0.25, 0.3) is 5.91 Å². The monoisotopic (exact) mass is 338 g/mol. The lowest BCUT2D eigenvalue weighted by Gasteiger charge is -2.16. The van der Waals surface area contributed by atoms with Gasteiger partial charge in [0.1, 0.15) is 5.69 Å². The van der Waals surface area contributed by atoms with Crippen LogP contribution in [0.3, 0.4) is 0 Å². The highest BCUT2D eigenvalue weighted by molar-refractivity contribution is 5.95. The maximum absolute atomic E-state index is 12.9. The van der Waals surface area contributed by atoms with Gasteiger partial charge in [-0.25, -0.2) is 4.98 Å². The van der Waals surface area contributed by atoms with Crippen molar-refractivity contribution in [1.29, 1.82) is 0 Å². The number of carbonyl (C=O) groups is 1. The lowest BCUT2D eigenvalue weighted by atomic mass is 10.0. The number of amides is 1. The van der Waals surface area contributed by atoms with Crippen LogP contribution in [0.1, 0.15) is 38.3 Å². The van der Waals surface area contributed by atoms with Gasteiger partial charge in [0, 0.05) is 30.4 Å². The number of hydrogen-bond donors (Lipinski definition) is 0. The molecule has 0 spiro atoms. The summed E-state index contributed by atoms with van der Waals surface area (Å²) in [5.41, 5.74) is 5.76. The highest BCUT2D eigenvalue weighted by atomic mass is 16.2. The first-order chi connectivity index (χ1) is 12.7. The zero-order valence-electron chi connectivity index (χ0n) is 14.6. The fourth-order valence-corrected chi connectivity index (χ4v) is 3.12. The lowest BCUT2D eigenvalue weighted by molar-refractivity contribution is 0.0751. The molecule has 0 atom stereocenters. The van der Waals surface area contributed by atoms with E-state index in [9.17, 15) is 4.79 Å². The van der Waals surface area contributed by atoms with Crippen molar-refractivity contribution in [3.05, 3.63) is 100 Å². The van der Waals surface area contributed by atoms with Gasteiger partial charge in [-0.2, -0.15) is 0 Å². The van der Waals surface area contributed by atoms with E-state index in [0.29, 0.717) is 18.7 Å². The summed E-state index contributed by atoms with van der Waals surface area (Å²) in [5, 5.41) is 0. The number of benzene rings is 2. The van der Waals surface area contributed by atoms with Crippen LogP contribution in [-0.4, -0.2) is 15.8 Å². The molecule has 1 aromatic heterocycles. The molecule has 3 nitrogen and oxygen atoms in total. The normalized spacial score (nSPS) is 12.3. The lowest BCUT2D eigenvalue weighted by Crippen LogP contribution is -2.25. The Morgan fingerprint density at radius 1 is 0.962 bits per heavy atom. The summed E-state index contributed by atoms with van der Waals surface area (Å²) >= 11 is 0. The maximum Gasteiger partial charge on any atom is 0.254 e. The number of pyridine rings is 1. The van der Waals surface area contributed by atoms with E-state index in [0.717, 1.165) is 16.8 Å². The van der Waals surface area contributed by atoms with Crippen LogP contribution in [0.5, 0.6) is 0 Å². The number of nitrogens with zero attached hydrogens (tertiary/aromatic N) is 2. The molecule has 3 aromatic rings. The van der Waals surface area contributed by atoms with Crippen molar-refractivity contribution in [3.63, 3.8) is 0 Å². The third-order valence-electron chi connectivity index (χ3n) is 4.60. The average Bonchev–Trinajstić information content (AvgIpc) is 3.12. The molecule has 2 aromatic carbocycles. The SMILES string of the molecule is Cc1ccc(C(=O)N2Cc3ccccc3C2)cc1C#Cc1ccccn1. The van der Waals surface area contributed by atoms with Gasteiger partial charge in [-0.1, -0.05) is 42.3 Å². The van der Waals surface area contributed by atoms with E-state index in [1.807, 2.05) is 60.4 Å². The van der Waals surface area contributed by atoms with Crippen molar-refractivity contribution in [2.75, 3.05) is 0 Å². The number of rotatable bonds is 1. The molecule has 2 heterocycles. The predicted octanol–water partition coefficient (Wildman–Crippen LogP) is 3.95. The summed E-state index contributed by atoms with van der Waals surface area (Å²) < 4.78 is 0. The van der Waals surface area contributed by atoms with Gasteiger partial charge < -0.3 is 4.90 Å². The highest BCUT2D eigenvalue weighted by Gasteiger charge is 2.24. The molecule has 0 unspecified atom stereocenters. The molecule has 0 fully saturated rings. The third-order valence-corrected chi connectivity index (χ3v) is 4.60. The van der Waals surface area contributed by atoms with Crippen LogP contribution in [0.25, 0.3) is 0 Å². The minimum atomic E-state index is 0.0436. The second-order valence-corrected chi connectivity index (χ2v) is 6.42. The van der Waals surface area contributed by atoms with Gasteiger partial charge in [-0.3, -0.25) is 4.79 Å². The van der Waals surface area contributed by atoms with Crippen molar-refractivity contribution >= 4 is 5.91 Å².